The molecule has 1 amide bonds. The summed E-state index contributed by atoms with van der Waals surface area (Å²) in [5.41, 5.74) is 1.76. The molecule has 88 valence electrons. The minimum Gasteiger partial charge on any atom is -0.325 e. The van der Waals surface area contributed by atoms with E-state index in [-0.39, 0.29) is 11.8 Å². The fourth-order valence-corrected chi connectivity index (χ4v) is 2.19. The zero-order chi connectivity index (χ0) is 11.7. The third kappa shape index (κ3) is 1.89. The molecular weight excluding hydrogens is 216 g/mol. The van der Waals surface area contributed by atoms with Crippen LogP contribution in [0.3, 0.4) is 0 Å². The largest absolute Gasteiger partial charge is 0.325 e. The van der Waals surface area contributed by atoms with Crippen LogP contribution in [0.2, 0.25) is 0 Å². The Morgan fingerprint density at radius 1 is 1.47 bits per heavy atom. The average Bonchev–Trinajstić information content (AvgIpc) is 3.00. The van der Waals surface area contributed by atoms with Crippen molar-refractivity contribution in [3.8, 4) is 0 Å². The van der Waals surface area contributed by atoms with E-state index in [0.29, 0.717) is 0 Å². The van der Waals surface area contributed by atoms with E-state index in [4.69, 9.17) is 0 Å². The smallest absolute Gasteiger partial charge is 0.228 e. The molecule has 5 heteroatoms. The van der Waals surface area contributed by atoms with Crippen LogP contribution in [0, 0.1) is 5.92 Å². The first-order valence-electron chi connectivity index (χ1n) is 5.78. The minimum atomic E-state index is 0.0807. The molecule has 1 unspecified atom stereocenters. The van der Waals surface area contributed by atoms with Crippen LogP contribution in [0.1, 0.15) is 6.42 Å². The number of fused-ring (bicyclic) bond motifs is 1. The minimum absolute atomic E-state index is 0.0807. The topological polar surface area (TPSA) is 69.8 Å². The van der Waals surface area contributed by atoms with Crippen molar-refractivity contribution in [2.24, 2.45) is 5.92 Å². The summed E-state index contributed by atoms with van der Waals surface area (Å²) in [4.78, 5) is 12.0. The van der Waals surface area contributed by atoms with Crippen molar-refractivity contribution in [3.05, 3.63) is 24.4 Å². The molecule has 1 saturated heterocycles. The van der Waals surface area contributed by atoms with E-state index in [1.165, 1.54) is 0 Å². The monoisotopic (exact) mass is 230 g/mol. The van der Waals surface area contributed by atoms with Crippen LogP contribution in [0.4, 0.5) is 5.69 Å². The maximum atomic E-state index is 12.0. The predicted octanol–water partition coefficient (Wildman–Crippen LogP) is 1.11. The first kappa shape index (κ1) is 10.3. The number of anilines is 1. The molecule has 3 rings (SSSR count). The molecule has 0 aliphatic carbocycles. The number of amides is 1. The first-order valence-corrected chi connectivity index (χ1v) is 5.78. The molecule has 0 saturated carbocycles. The van der Waals surface area contributed by atoms with Gasteiger partial charge in [-0.1, -0.05) is 6.07 Å². The zero-order valence-electron chi connectivity index (χ0n) is 9.36. The maximum absolute atomic E-state index is 12.0. The van der Waals surface area contributed by atoms with Gasteiger partial charge in [-0.2, -0.15) is 5.10 Å². The van der Waals surface area contributed by atoms with Crippen LogP contribution in [0.15, 0.2) is 24.4 Å². The van der Waals surface area contributed by atoms with Gasteiger partial charge < -0.3 is 10.6 Å². The Morgan fingerprint density at radius 2 is 2.41 bits per heavy atom. The summed E-state index contributed by atoms with van der Waals surface area (Å²) in [5.74, 6) is 0.167. The lowest BCUT2D eigenvalue weighted by Crippen LogP contribution is -2.24. The van der Waals surface area contributed by atoms with E-state index >= 15 is 0 Å². The summed E-state index contributed by atoms with van der Waals surface area (Å²) in [6.45, 7) is 1.70. The highest BCUT2D eigenvalue weighted by Crippen LogP contribution is 2.22. The second-order valence-electron chi connectivity index (χ2n) is 4.32. The second-order valence-corrected chi connectivity index (χ2v) is 4.32. The fraction of sp³-hybridized carbons (Fsp3) is 0.333. The molecule has 3 N–H and O–H groups in total. The number of hydrogen-bond donors (Lipinski definition) is 3. The molecule has 17 heavy (non-hydrogen) atoms. The second kappa shape index (κ2) is 4.18. The van der Waals surface area contributed by atoms with Crippen LogP contribution >= 0.6 is 0 Å². The number of nitrogens with zero attached hydrogens (tertiary/aromatic N) is 1. The number of aromatic nitrogens is 2. The Morgan fingerprint density at radius 3 is 3.24 bits per heavy atom. The third-order valence-electron chi connectivity index (χ3n) is 3.17. The van der Waals surface area contributed by atoms with Crippen LogP contribution in [0.5, 0.6) is 0 Å². The zero-order valence-corrected chi connectivity index (χ0v) is 9.36. The molecule has 1 aromatic heterocycles. The molecule has 0 spiro atoms. The Kier molecular flexibility index (Phi) is 2.53. The van der Waals surface area contributed by atoms with Crippen molar-refractivity contribution in [1.29, 1.82) is 0 Å². The van der Waals surface area contributed by atoms with Gasteiger partial charge in [-0.3, -0.25) is 9.89 Å². The van der Waals surface area contributed by atoms with Gasteiger partial charge in [0.2, 0.25) is 5.91 Å². The van der Waals surface area contributed by atoms with E-state index in [0.717, 1.165) is 36.1 Å². The van der Waals surface area contributed by atoms with Gasteiger partial charge >= 0.3 is 0 Å². The Bertz CT molecular complexity index is 542. The Balaban J connectivity index is 1.84. The molecule has 1 aromatic carbocycles. The van der Waals surface area contributed by atoms with E-state index in [2.05, 4.69) is 20.8 Å². The number of carbonyl (C=O) groups excluding carboxylic acids is 1. The lowest BCUT2D eigenvalue weighted by atomic mass is 10.1. The van der Waals surface area contributed by atoms with Gasteiger partial charge in [0, 0.05) is 11.9 Å². The molecule has 1 atom stereocenters. The van der Waals surface area contributed by atoms with Crippen LogP contribution in [-0.4, -0.2) is 29.2 Å². The van der Waals surface area contributed by atoms with Gasteiger partial charge in [-0.25, -0.2) is 0 Å². The van der Waals surface area contributed by atoms with Crippen LogP contribution in [-0.2, 0) is 4.79 Å². The highest BCUT2D eigenvalue weighted by Gasteiger charge is 2.22. The van der Waals surface area contributed by atoms with Crippen molar-refractivity contribution in [1.82, 2.24) is 15.5 Å². The Hall–Kier alpha value is -1.88. The summed E-state index contributed by atoms with van der Waals surface area (Å²) in [6.07, 6.45) is 2.64. The highest BCUT2D eigenvalue weighted by atomic mass is 16.1. The molecule has 2 aromatic rings. The van der Waals surface area contributed by atoms with Gasteiger partial charge in [-0.15, -0.1) is 0 Å². The summed E-state index contributed by atoms with van der Waals surface area (Å²) in [7, 11) is 0. The van der Waals surface area contributed by atoms with Crippen molar-refractivity contribution >= 4 is 22.5 Å². The molecular formula is C12H14N4O. The van der Waals surface area contributed by atoms with Gasteiger partial charge in [0.25, 0.3) is 0 Å². The van der Waals surface area contributed by atoms with Gasteiger partial charge in [-0.05, 0) is 25.1 Å². The number of hydrogen-bond acceptors (Lipinski definition) is 3. The van der Waals surface area contributed by atoms with Gasteiger partial charge in [0.1, 0.15) is 0 Å². The third-order valence-corrected chi connectivity index (χ3v) is 3.17. The molecule has 1 fully saturated rings. The summed E-state index contributed by atoms with van der Waals surface area (Å²) in [5, 5.41) is 14.0. The maximum Gasteiger partial charge on any atom is 0.228 e. The van der Waals surface area contributed by atoms with Gasteiger partial charge in [0.05, 0.1) is 23.3 Å². The van der Waals surface area contributed by atoms with Crippen molar-refractivity contribution in [2.75, 3.05) is 18.4 Å². The average molecular weight is 230 g/mol. The van der Waals surface area contributed by atoms with E-state index in [1.54, 1.807) is 6.20 Å². The molecule has 5 nitrogen and oxygen atoms in total. The van der Waals surface area contributed by atoms with Gasteiger partial charge in [0.15, 0.2) is 0 Å². The predicted molar refractivity (Wildman–Crippen MR) is 65.7 cm³/mol. The number of rotatable bonds is 2. The molecule has 2 heterocycles. The lowest BCUT2D eigenvalue weighted by Gasteiger charge is -2.10. The number of H-pyrrole nitrogens is 1. The summed E-state index contributed by atoms with van der Waals surface area (Å²) >= 11 is 0. The van der Waals surface area contributed by atoms with Crippen molar-refractivity contribution in [2.45, 2.75) is 6.42 Å². The highest BCUT2D eigenvalue weighted by molar-refractivity contribution is 6.01. The number of carbonyl (C=O) groups is 1. The standard InChI is InChI=1S/C12H14N4O/c17-12(8-4-5-13-6-8)15-10-2-1-3-11-9(10)7-14-16-11/h1-3,7-8,13H,4-6H2,(H,14,16)(H,15,17). The normalized spacial score (nSPS) is 19.6. The molecule has 1 aliphatic heterocycles. The summed E-state index contributed by atoms with van der Waals surface area (Å²) in [6, 6.07) is 5.75. The van der Waals surface area contributed by atoms with Crippen LogP contribution in [0.25, 0.3) is 10.9 Å². The van der Waals surface area contributed by atoms with Crippen molar-refractivity contribution in [3.63, 3.8) is 0 Å². The number of nitrogens with one attached hydrogen (secondary N) is 3. The van der Waals surface area contributed by atoms with E-state index in [1.807, 2.05) is 18.2 Å². The lowest BCUT2D eigenvalue weighted by molar-refractivity contribution is -0.119. The quantitative estimate of drug-likeness (QED) is 0.724. The summed E-state index contributed by atoms with van der Waals surface area (Å²) < 4.78 is 0. The van der Waals surface area contributed by atoms with Crippen molar-refractivity contribution < 1.29 is 4.79 Å². The Labute approximate surface area is 98.6 Å². The van der Waals surface area contributed by atoms with E-state index < -0.39 is 0 Å². The molecule has 0 bridgehead atoms. The number of aromatic amines is 1. The first-order chi connectivity index (χ1) is 8.34. The molecule has 0 radical (unpaired) electrons. The van der Waals surface area contributed by atoms with Crippen LogP contribution < -0.4 is 10.6 Å². The number of benzene rings is 1. The van der Waals surface area contributed by atoms with E-state index in [9.17, 15) is 4.79 Å². The SMILES string of the molecule is O=C(Nc1cccc2[nH]ncc12)C1CCNC1. The molecule has 1 aliphatic rings. The fourth-order valence-electron chi connectivity index (χ4n) is 2.19.